The Morgan fingerprint density at radius 3 is 2.30 bits per heavy atom. The summed E-state index contributed by atoms with van der Waals surface area (Å²) in [6, 6.07) is 3.52. The Labute approximate surface area is 115 Å². The largest absolute Gasteiger partial charge is 0.478 e. The molecule has 1 N–H and O–H groups in total. The van der Waals surface area contributed by atoms with Gasteiger partial charge in [-0.15, -0.1) is 0 Å². The first kappa shape index (κ1) is 14.2. The number of amides is 2. The van der Waals surface area contributed by atoms with Gasteiger partial charge in [-0.25, -0.2) is 14.1 Å². The quantitative estimate of drug-likeness (QED) is 0.842. The van der Waals surface area contributed by atoms with Gasteiger partial charge in [0.2, 0.25) is 11.8 Å². The highest BCUT2D eigenvalue weighted by Crippen LogP contribution is 2.35. The van der Waals surface area contributed by atoms with Gasteiger partial charge in [0.15, 0.2) is 0 Å². The average molecular weight is 279 g/mol. The number of hydrogen-bond donors (Lipinski definition) is 1. The molecule has 0 atom stereocenters. The number of carboxylic acids is 1. The first-order valence-corrected chi connectivity index (χ1v) is 6.10. The maximum absolute atomic E-state index is 13.6. The summed E-state index contributed by atoms with van der Waals surface area (Å²) in [6.45, 7) is 3.56. The number of anilines is 1. The van der Waals surface area contributed by atoms with Crippen molar-refractivity contribution in [3.8, 4) is 0 Å². The van der Waals surface area contributed by atoms with Crippen molar-refractivity contribution in [2.45, 2.75) is 26.7 Å². The van der Waals surface area contributed by atoms with Crippen LogP contribution in [-0.2, 0) is 9.59 Å². The minimum atomic E-state index is -1.51. The van der Waals surface area contributed by atoms with E-state index in [1.165, 1.54) is 12.1 Å². The number of carboxylic acid groups (broad SMARTS) is 1. The van der Waals surface area contributed by atoms with Gasteiger partial charge in [-0.05, 0) is 17.5 Å². The predicted molar refractivity (Wildman–Crippen MR) is 68.9 cm³/mol. The zero-order valence-electron chi connectivity index (χ0n) is 11.1. The predicted octanol–water partition coefficient (Wildman–Crippen LogP) is 2.20. The Kier molecular flexibility index (Phi) is 3.33. The third kappa shape index (κ3) is 2.41. The molecule has 0 radical (unpaired) electrons. The van der Waals surface area contributed by atoms with Crippen LogP contribution in [0.5, 0.6) is 0 Å². The molecule has 1 aliphatic rings. The van der Waals surface area contributed by atoms with Crippen LogP contribution in [-0.4, -0.2) is 22.9 Å². The van der Waals surface area contributed by atoms with Crippen molar-refractivity contribution < 1.29 is 23.9 Å². The number of piperidine rings is 1. The van der Waals surface area contributed by atoms with Crippen molar-refractivity contribution in [2.75, 3.05) is 4.90 Å². The molecule has 0 aromatic heterocycles. The minimum Gasteiger partial charge on any atom is -0.478 e. The Hall–Kier alpha value is -2.24. The fourth-order valence-electron chi connectivity index (χ4n) is 2.36. The second-order valence-electron chi connectivity index (χ2n) is 5.58. The normalized spacial score (nSPS) is 18.2. The van der Waals surface area contributed by atoms with Gasteiger partial charge in [0.25, 0.3) is 0 Å². The lowest BCUT2D eigenvalue weighted by Crippen LogP contribution is -2.47. The number of rotatable bonds is 2. The molecule has 1 heterocycles. The second kappa shape index (κ2) is 4.70. The van der Waals surface area contributed by atoms with Crippen molar-refractivity contribution in [2.24, 2.45) is 5.41 Å². The van der Waals surface area contributed by atoms with Crippen LogP contribution in [0, 0.1) is 11.2 Å². The van der Waals surface area contributed by atoms with E-state index in [9.17, 15) is 18.8 Å². The van der Waals surface area contributed by atoms with Gasteiger partial charge in [-0.3, -0.25) is 9.59 Å². The Bertz CT molecular complexity index is 589. The number of hydrogen-bond acceptors (Lipinski definition) is 3. The van der Waals surface area contributed by atoms with E-state index in [4.69, 9.17) is 5.11 Å². The summed E-state index contributed by atoms with van der Waals surface area (Å²) < 4.78 is 13.6. The highest BCUT2D eigenvalue weighted by Gasteiger charge is 2.39. The molecule has 0 unspecified atom stereocenters. The molecule has 1 aromatic carbocycles. The fourth-order valence-corrected chi connectivity index (χ4v) is 2.36. The van der Waals surface area contributed by atoms with Crippen LogP contribution in [0.1, 0.15) is 37.0 Å². The molecular formula is C14H14FNO4. The average Bonchev–Trinajstić information content (AvgIpc) is 2.25. The van der Waals surface area contributed by atoms with Crippen molar-refractivity contribution >= 4 is 23.5 Å². The lowest BCUT2D eigenvalue weighted by molar-refractivity contribution is -0.132. The van der Waals surface area contributed by atoms with Crippen LogP contribution in [0.25, 0.3) is 0 Å². The number of nitrogens with zero attached hydrogens (tertiary/aromatic N) is 1. The van der Waals surface area contributed by atoms with E-state index in [-0.39, 0.29) is 18.5 Å². The van der Waals surface area contributed by atoms with Crippen LogP contribution in [0.2, 0.25) is 0 Å². The summed E-state index contributed by atoms with van der Waals surface area (Å²) in [4.78, 5) is 36.1. The van der Waals surface area contributed by atoms with E-state index >= 15 is 0 Å². The van der Waals surface area contributed by atoms with Gasteiger partial charge in [0.1, 0.15) is 11.4 Å². The standard InChI is InChI=1S/C14H14FNO4/c1-14(2)6-10(17)16(11(18)7-14)9-5-3-4-8(15)12(9)13(19)20/h3-5H,6-7H2,1-2H3,(H,19,20). The molecule has 1 aromatic rings. The molecule has 0 saturated carbocycles. The Morgan fingerprint density at radius 2 is 1.80 bits per heavy atom. The minimum absolute atomic E-state index is 0.105. The molecule has 1 fully saturated rings. The zero-order valence-corrected chi connectivity index (χ0v) is 11.1. The van der Waals surface area contributed by atoms with Crippen LogP contribution in [0.3, 0.4) is 0 Å². The fraction of sp³-hybridized carbons (Fsp3) is 0.357. The maximum atomic E-state index is 13.6. The number of carbonyl (C=O) groups excluding carboxylic acids is 2. The molecule has 0 spiro atoms. The highest BCUT2D eigenvalue weighted by molar-refractivity contribution is 6.19. The first-order valence-electron chi connectivity index (χ1n) is 6.10. The first-order chi connectivity index (χ1) is 9.23. The Morgan fingerprint density at radius 1 is 1.25 bits per heavy atom. The van der Waals surface area contributed by atoms with Crippen LogP contribution < -0.4 is 4.90 Å². The van der Waals surface area contributed by atoms with Gasteiger partial charge >= 0.3 is 5.97 Å². The van der Waals surface area contributed by atoms with Crippen molar-refractivity contribution in [3.63, 3.8) is 0 Å². The smallest absolute Gasteiger partial charge is 0.340 e. The maximum Gasteiger partial charge on any atom is 0.340 e. The van der Waals surface area contributed by atoms with Crippen LogP contribution in [0.4, 0.5) is 10.1 Å². The number of halogens is 1. The summed E-state index contributed by atoms with van der Waals surface area (Å²) in [6.07, 6.45) is 0.211. The van der Waals surface area contributed by atoms with Gasteiger partial charge < -0.3 is 5.11 Å². The van der Waals surface area contributed by atoms with Crippen molar-refractivity contribution in [1.29, 1.82) is 0 Å². The van der Waals surface area contributed by atoms with E-state index in [0.29, 0.717) is 0 Å². The van der Waals surface area contributed by atoms with Gasteiger partial charge in [0.05, 0.1) is 5.69 Å². The molecule has 20 heavy (non-hydrogen) atoms. The molecule has 6 heteroatoms. The summed E-state index contributed by atoms with van der Waals surface area (Å²) >= 11 is 0. The van der Waals surface area contributed by atoms with Gasteiger partial charge in [-0.1, -0.05) is 19.9 Å². The molecule has 0 bridgehead atoms. The third-order valence-corrected chi connectivity index (χ3v) is 3.20. The molecule has 1 saturated heterocycles. The number of carbonyl (C=O) groups is 3. The molecule has 106 valence electrons. The highest BCUT2D eigenvalue weighted by atomic mass is 19.1. The summed E-state index contributed by atoms with van der Waals surface area (Å²) in [5.74, 6) is -3.51. The molecule has 2 amide bonds. The summed E-state index contributed by atoms with van der Waals surface area (Å²) in [7, 11) is 0. The van der Waals surface area contributed by atoms with E-state index in [1.54, 1.807) is 13.8 Å². The van der Waals surface area contributed by atoms with Crippen molar-refractivity contribution in [1.82, 2.24) is 0 Å². The molecule has 2 rings (SSSR count). The van der Waals surface area contributed by atoms with Crippen molar-refractivity contribution in [3.05, 3.63) is 29.6 Å². The topological polar surface area (TPSA) is 74.7 Å². The van der Waals surface area contributed by atoms with Gasteiger partial charge in [-0.2, -0.15) is 0 Å². The monoisotopic (exact) mass is 279 g/mol. The van der Waals surface area contributed by atoms with E-state index in [0.717, 1.165) is 11.0 Å². The van der Waals surface area contributed by atoms with E-state index in [2.05, 4.69) is 0 Å². The van der Waals surface area contributed by atoms with Gasteiger partial charge in [0, 0.05) is 12.8 Å². The van der Waals surface area contributed by atoms with Crippen LogP contribution >= 0.6 is 0 Å². The third-order valence-electron chi connectivity index (χ3n) is 3.20. The molecule has 1 aliphatic heterocycles. The molecule has 5 nitrogen and oxygen atoms in total. The summed E-state index contributed by atoms with van der Waals surface area (Å²) in [5.41, 5.74) is -1.33. The molecular weight excluding hydrogens is 265 g/mol. The van der Waals surface area contributed by atoms with E-state index < -0.39 is 34.6 Å². The number of aromatic carboxylic acids is 1. The molecule has 0 aliphatic carbocycles. The Balaban J connectivity index is 2.52. The zero-order chi connectivity index (χ0) is 15.1. The SMILES string of the molecule is CC1(C)CC(=O)N(c2cccc(F)c2C(=O)O)C(=O)C1. The summed E-state index contributed by atoms with van der Waals surface area (Å²) in [5, 5.41) is 9.06. The lowest BCUT2D eigenvalue weighted by atomic mass is 9.81. The number of benzene rings is 1. The van der Waals surface area contributed by atoms with Crippen LogP contribution in [0.15, 0.2) is 18.2 Å². The second-order valence-corrected chi connectivity index (χ2v) is 5.58. The number of imide groups is 1. The van der Waals surface area contributed by atoms with E-state index in [1.807, 2.05) is 0 Å². The lowest BCUT2D eigenvalue weighted by Gasteiger charge is -2.35.